The summed E-state index contributed by atoms with van der Waals surface area (Å²) in [6, 6.07) is 0.0202. The van der Waals surface area contributed by atoms with E-state index in [9.17, 15) is 4.79 Å². The van der Waals surface area contributed by atoms with Crippen LogP contribution in [0.3, 0.4) is 0 Å². The minimum Gasteiger partial charge on any atom is -0.354 e. The summed E-state index contributed by atoms with van der Waals surface area (Å²) < 4.78 is 0. The van der Waals surface area contributed by atoms with Gasteiger partial charge in [0.25, 0.3) is 0 Å². The molecule has 0 aromatic carbocycles. The van der Waals surface area contributed by atoms with Gasteiger partial charge < -0.3 is 15.6 Å². The number of amides is 1. The Balaban J connectivity index is 1.67. The molecule has 0 aliphatic carbocycles. The number of nitrogens with one attached hydrogen (secondary N) is 3. The molecule has 0 saturated carbocycles. The lowest BCUT2D eigenvalue weighted by Crippen LogP contribution is -2.41. The molecule has 1 aromatic heterocycles. The molecule has 1 fully saturated rings. The van der Waals surface area contributed by atoms with Gasteiger partial charge in [-0.2, -0.15) is 0 Å². The maximum Gasteiger partial charge on any atom is 0.237 e. The summed E-state index contributed by atoms with van der Waals surface area (Å²) in [5.41, 5.74) is 1.05. The van der Waals surface area contributed by atoms with Crippen LogP contribution < -0.4 is 10.6 Å². The molecule has 1 saturated heterocycles. The first-order chi connectivity index (χ1) is 7.36. The lowest BCUT2D eigenvalue weighted by Gasteiger charge is -2.10. The highest BCUT2D eigenvalue weighted by atomic mass is 16.2. The van der Waals surface area contributed by atoms with E-state index in [0.717, 1.165) is 31.5 Å². The number of rotatable bonds is 4. The van der Waals surface area contributed by atoms with Crippen molar-refractivity contribution in [2.75, 3.05) is 13.1 Å². The Hall–Kier alpha value is -1.36. The molecule has 2 rings (SSSR count). The lowest BCUT2D eigenvalue weighted by atomic mass is 10.2. The topological polar surface area (TPSA) is 69.8 Å². The molecule has 5 nitrogen and oxygen atoms in total. The minimum absolute atomic E-state index is 0.0202. The van der Waals surface area contributed by atoms with Crippen LogP contribution in [0, 0.1) is 0 Å². The van der Waals surface area contributed by atoms with Gasteiger partial charge in [-0.3, -0.25) is 4.79 Å². The zero-order valence-corrected chi connectivity index (χ0v) is 8.62. The zero-order chi connectivity index (χ0) is 10.5. The van der Waals surface area contributed by atoms with Crippen LogP contribution in [0.25, 0.3) is 0 Å². The van der Waals surface area contributed by atoms with E-state index in [1.807, 2.05) is 0 Å². The van der Waals surface area contributed by atoms with Crippen LogP contribution in [0.5, 0.6) is 0 Å². The highest BCUT2D eigenvalue weighted by Gasteiger charge is 2.21. The Bertz CT molecular complexity index is 303. The van der Waals surface area contributed by atoms with Gasteiger partial charge in [-0.1, -0.05) is 0 Å². The average molecular weight is 208 g/mol. The van der Waals surface area contributed by atoms with Crippen LogP contribution >= 0.6 is 0 Å². The van der Waals surface area contributed by atoms with E-state index in [0.29, 0.717) is 6.54 Å². The summed E-state index contributed by atoms with van der Waals surface area (Å²) in [7, 11) is 0. The van der Waals surface area contributed by atoms with Gasteiger partial charge in [0.15, 0.2) is 0 Å². The maximum atomic E-state index is 11.6. The summed E-state index contributed by atoms with van der Waals surface area (Å²) in [5, 5.41) is 6.08. The predicted molar refractivity (Wildman–Crippen MR) is 56.3 cm³/mol. The third-order valence-electron chi connectivity index (χ3n) is 2.63. The van der Waals surface area contributed by atoms with E-state index in [-0.39, 0.29) is 11.9 Å². The predicted octanol–water partition coefficient (Wildman–Crippen LogP) is -0.180. The van der Waals surface area contributed by atoms with E-state index in [1.54, 1.807) is 12.5 Å². The molecule has 0 spiro atoms. The van der Waals surface area contributed by atoms with Crippen LogP contribution in [0.4, 0.5) is 0 Å². The highest BCUT2D eigenvalue weighted by Crippen LogP contribution is 2.04. The summed E-state index contributed by atoms with van der Waals surface area (Å²) in [6.45, 7) is 1.62. The minimum atomic E-state index is 0.0202. The number of carbonyl (C=O) groups is 1. The number of carbonyl (C=O) groups excluding carboxylic acids is 1. The van der Waals surface area contributed by atoms with Crippen LogP contribution in [-0.2, 0) is 11.2 Å². The van der Waals surface area contributed by atoms with E-state index in [2.05, 4.69) is 20.6 Å². The monoisotopic (exact) mass is 208 g/mol. The van der Waals surface area contributed by atoms with Crippen LogP contribution in [0.15, 0.2) is 12.5 Å². The van der Waals surface area contributed by atoms with Gasteiger partial charge in [0.05, 0.1) is 12.4 Å². The largest absolute Gasteiger partial charge is 0.354 e. The van der Waals surface area contributed by atoms with Crippen molar-refractivity contribution in [3.63, 3.8) is 0 Å². The maximum absolute atomic E-state index is 11.6. The number of nitrogens with zero attached hydrogens (tertiary/aromatic N) is 1. The van der Waals surface area contributed by atoms with Crippen molar-refractivity contribution < 1.29 is 4.79 Å². The van der Waals surface area contributed by atoms with Gasteiger partial charge in [0, 0.05) is 24.9 Å². The van der Waals surface area contributed by atoms with Gasteiger partial charge in [-0.05, 0) is 19.4 Å². The molecule has 0 unspecified atom stereocenters. The summed E-state index contributed by atoms with van der Waals surface area (Å²) in [5.74, 6) is 0.118. The standard InChI is InChI=1S/C10H16N4O/c15-10(9-2-1-4-12-9)13-5-3-8-6-11-7-14-8/h6-7,9,12H,1-5H2,(H,11,14)(H,13,15)/t9-/m0/s1. The molecular weight excluding hydrogens is 192 g/mol. The van der Waals surface area contributed by atoms with Crippen LogP contribution in [0.2, 0.25) is 0 Å². The van der Waals surface area contributed by atoms with Gasteiger partial charge >= 0.3 is 0 Å². The second kappa shape index (κ2) is 4.93. The number of aromatic amines is 1. The molecule has 1 atom stereocenters. The molecule has 82 valence electrons. The second-order valence-electron chi connectivity index (χ2n) is 3.77. The Morgan fingerprint density at radius 2 is 2.60 bits per heavy atom. The van der Waals surface area contributed by atoms with Crippen molar-refractivity contribution in [3.8, 4) is 0 Å². The first-order valence-corrected chi connectivity index (χ1v) is 5.34. The molecule has 3 N–H and O–H groups in total. The fraction of sp³-hybridized carbons (Fsp3) is 0.600. The molecular formula is C10H16N4O. The average Bonchev–Trinajstić information content (AvgIpc) is 2.90. The van der Waals surface area contributed by atoms with E-state index < -0.39 is 0 Å². The fourth-order valence-electron chi connectivity index (χ4n) is 1.77. The highest BCUT2D eigenvalue weighted by molar-refractivity contribution is 5.81. The third-order valence-corrected chi connectivity index (χ3v) is 2.63. The molecule has 15 heavy (non-hydrogen) atoms. The van der Waals surface area contributed by atoms with Crippen LogP contribution in [0.1, 0.15) is 18.5 Å². The van der Waals surface area contributed by atoms with E-state index in [1.165, 1.54) is 0 Å². The van der Waals surface area contributed by atoms with Crippen molar-refractivity contribution in [1.29, 1.82) is 0 Å². The van der Waals surface area contributed by atoms with Gasteiger partial charge in [-0.25, -0.2) is 4.98 Å². The van der Waals surface area contributed by atoms with E-state index >= 15 is 0 Å². The summed E-state index contributed by atoms with van der Waals surface area (Å²) >= 11 is 0. The molecule has 1 aliphatic rings. The quantitative estimate of drug-likeness (QED) is 0.643. The van der Waals surface area contributed by atoms with Crippen LogP contribution in [-0.4, -0.2) is 35.0 Å². The van der Waals surface area contributed by atoms with Gasteiger partial charge in [-0.15, -0.1) is 0 Å². The number of hydrogen-bond donors (Lipinski definition) is 3. The van der Waals surface area contributed by atoms with Crippen molar-refractivity contribution in [2.24, 2.45) is 0 Å². The van der Waals surface area contributed by atoms with Crippen molar-refractivity contribution in [2.45, 2.75) is 25.3 Å². The number of hydrogen-bond acceptors (Lipinski definition) is 3. The Kier molecular flexibility index (Phi) is 3.34. The van der Waals surface area contributed by atoms with Crippen molar-refractivity contribution in [3.05, 3.63) is 18.2 Å². The third kappa shape index (κ3) is 2.79. The number of imidazole rings is 1. The van der Waals surface area contributed by atoms with E-state index in [4.69, 9.17) is 0 Å². The number of H-pyrrole nitrogens is 1. The number of aromatic nitrogens is 2. The molecule has 0 radical (unpaired) electrons. The van der Waals surface area contributed by atoms with Crippen molar-refractivity contribution >= 4 is 5.91 Å². The first-order valence-electron chi connectivity index (χ1n) is 5.34. The molecule has 1 aliphatic heterocycles. The van der Waals surface area contributed by atoms with Crippen molar-refractivity contribution in [1.82, 2.24) is 20.6 Å². The molecule has 1 aromatic rings. The Morgan fingerprint density at radius 1 is 1.67 bits per heavy atom. The molecule has 0 bridgehead atoms. The normalized spacial score (nSPS) is 20.4. The smallest absolute Gasteiger partial charge is 0.237 e. The molecule has 1 amide bonds. The molecule has 2 heterocycles. The summed E-state index contributed by atoms with van der Waals surface area (Å²) in [6.07, 6.45) is 6.28. The fourth-order valence-corrected chi connectivity index (χ4v) is 1.77. The SMILES string of the molecule is O=C(NCCc1cnc[nH]1)[C@@H]1CCCN1. The zero-order valence-electron chi connectivity index (χ0n) is 8.62. The lowest BCUT2D eigenvalue weighted by molar-refractivity contribution is -0.122. The summed E-state index contributed by atoms with van der Waals surface area (Å²) in [4.78, 5) is 18.5. The second-order valence-corrected chi connectivity index (χ2v) is 3.77. The Morgan fingerprint density at radius 3 is 3.27 bits per heavy atom. The first kappa shape index (κ1) is 10.2. The van der Waals surface area contributed by atoms with Gasteiger partial charge in [0.1, 0.15) is 0 Å². The Labute approximate surface area is 88.7 Å². The molecule has 5 heteroatoms. The van der Waals surface area contributed by atoms with Gasteiger partial charge in [0.2, 0.25) is 5.91 Å².